The quantitative estimate of drug-likeness (QED) is 0.716. The van der Waals surface area contributed by atoms with Crippen molar-refractivity contribution in [2.75, 3.05) is 11.5 Å². The van der Waals surface area contributed by atoms with E-state index in [0.29, 0.717) is 5.75 Å². The molecule has 0 aromatic heterocycles. The molecule has 0 N–H and O–H groups in total. The van der Waals surface area contributed by atoms with Crippen LogP contribution in [0.5, 0.6) is 0 Å². The Balaban J connectivity index is 2.54. The highest BCUT2D eigenvalue weighted by Gasteiger charge is 2.25. The van der Waals surface area contributed by atoms with Crippen LogP contribution < -0.4 is 0 Å². The first kappa shape index (κ1) is 10.4. The summed E-state index contributed by atoms with van der Waals surface area (Å²) in [5.74, 6) is 0.708. The zero-order valence-corrected chi connectivity index (χ0v) is 8.91. The average molecular weight is 208 g/mol. The van der Waals surface area contributed by atoms with Gasteiger partial charge in [0.15, 0.2) is 9.84 Å². The molecule has 4 heteroatoms. The standard InChI is InChI=1S/C8H16O2S2/c9-12(10,7-6-11)8-4-2-1-3-5-8/h8,11H,1-7H2. The molecule has 2 nitrogen and oxygen atoms in total. The van der Waals surface area contributed by atoms with E-state index >= 15 is 0 Å². The van der Waals surface area contributed by atoms with Crippen molar-refractivity contribution < 1.29 is 8.42 Å². The third-order valence-electron chi connectivity index (χ3n) is 2.44. The van der Waals surface area contributed by atoms with E-state index in [9.17, 15) is 8.42 Å². The SMILES string of the molecule is O=S(=O)(CCS)C1CCCCC1. The van der Waals surface area contributed by atoms with Gasteiger partial charge in [0, 0.05) is 5.75 Å². The van der Waals surface area contributed by atoms with Crippen molar-refractivity contribution in [1.82, 2.24) is 0 Å². The van der Waals surface area contributed by atoms with Crippen molar-refractivity contribution in [1.29, 1.82) is 0 Å². The Morgan fingerprint density at radius 3 is 2.25 bits per heavy atom. The van der Waals surface area contributed by atoms with Gasteiger partial charge >= 0.3 is 0 Å². The Labute approximate surface area is 80.1 Å². The van der Waals surface area contributed by atoms with Crippen LogP contribution in [0.4, 0.5) is 0 Å². The molecule has 0 aliphatic heterocycles. The lowest BCUT2D eigenvalue weighted by atomic mass is 10.0. The van der Waals surface area contributed by atoms with Gasteiger partial charge in [0.2, 0.25) is 0 Å². The first-order chi connectivity index (χ1) is 5.67. The van der Waals surface area contributed by atoms with E-state index in [-0.39, 0.29) is 11.0 Å². The van der Waals surface area contributed by atoms with Crippen LogP contribution in [0.3, 0.4) is 0 Å². The summed E-state index contributed by atoms with van der Waals surface area (Å²) in [6.07, 6.45) is 5.10. The molecular weight excluding hydrogens is 192 g/mol. The van der Waals surface area contributed by atoms with Crippen molar-refractivity contribution >= 4 is 22.5 Å². The summed E-state index contributed by atoms with van der Waals surface area (Å²) in [7, 11) is -2.81. The topological polar surface area (TPSA) is 34.1 Å². The molecule has 0 unspecified atom stereocenters. The minimum absolute atomic E-state index is 0.0570. The van der Waals surface area contributed by atoms with Crippen molar-refractivity contribution in [3.05, 3.63) is 0 Å². The van der Waals surface area contributed by atoms with Gasteiger partial charge in [-0.2, -0.15) is 12.6 Å². The van der Waals surface area contributed by atoms with E-state index in [1.54, 1.807) is 0 Å². The third kappa shape index (κ3) is 2.66. The summed E-state index contributed by atoms with van der Waals surface area (Å²) in [6.45, 7) is 0. The molecule has 12 heavy (non-hydrogen) atoms. The third-order valence-corrected chi connectivity index (χ3v) is 5.22. The zero-order chi connectivity index (χ0) is 9.03. The Morgan fingerprint density at radius 2 is 1.75 bits per heavy atom. The van der Waals surface area contributed by atoms with Crippen LogP contribution in [-0.4, -0.2) is 25.2 Å². The second-order valence-electron chi connectivity index (χ2n) is 3.35. The molecule has 0 spiro atoms. The maximum absolute atomic E-state index is 11.5. The van der Waals surface area contributed by atoms with Crippen LogP contribution >= 0.6 is 12.6 Å². The summed E-state index contributed by atoms with van der Waals surface area (Å²) >= 11 is 3.95. The average Bonchev–Trinajstić information content (AvgIpc) is 2.06. The highest BCUT2D eigenvalue weighted by molar-refractivity contribution is 7.93. The minimum Gasteiger partial charge on any atom is -0.229 e. The van der Waals surface area contributed by atoms with E-state index in [0.717, 1.165) is 25.7 Å². The molecular formula is C8H16O2S2. The smallest absolute Gasteiger partial charge is 0.153 e. The molecule has 0 aromatic rings. The molecule has 0 atom stereocenters. The summed E-state index contributed by atoms with van der Waals surface area (Å²) in [5.41, 5.74) is 0. The van der Waals surface area contributed by atoms with E-state index in [2.05, 4.69) is 12.6 Å². The molecule has 1 saturated carbocycles. The van der Waals surface area contributed by atoms with Crippen LogP contribution in [0.25, 0.3) is 0 Å². The molecule has 72 valence electrons. The van der Waals surface area contributed by atoms with Gasteiger partial charge in [-0.25, -0.2) is 8.42 Å². The van der Waals surface area contributed by atoms with Crippen molar-refractivity contribution in [3.8, 4) is 0 Å². The van der Waals surface area contributed by atoms with Gasteiger partial charge in [-0.1, -0.05) is 19.3 Å². The molecule has 1 fully saturated rings. The summed E-state index contributed by atoms with van der Waals surface area (Å²) < 4.78 is 23.1. The van der Waals surface area contributed by atoms with Crippen LogP contribution in [0.15, 0.2) is 0 Å². The normalized spacial score (nSPS) is 21.1. The number of thiol groups is 1. The van der Waals surface area contributed by atoms with Crippen LogP contribution in [0.1, 0.15) is 32.1 Å². The summed E-state index contributed by atoms with van der Waals surface area (Å²) in [6, 6.07) is 0. The maximum atomic E-state index is 11.5. The number of rotatable bonds is 3. The van der Waals surface area contributed by atoms with E-state index in [4.69, 9.17) is 0 Å². The van der Waals surface area contributed by atoms with Crippen LogP contribution in [-0.2, 0) is 9.84 Å². The lowest BCUT2D eigenvalue weighted by molar-refractivity contribution is 0.484. The summed E-state index contributed by atoms with van der Waals surface area (Å²) in [4.78, 5) is 0. The van der Waals surface area contributed by atoms with Gasteiger partial charge in [0.1, 0.15) is 0 Å². The maximum Gasteiger partial charge on any atom is 0.153 e. The van der Waals surface area contributed by atoms with Crippen LogP contribution in [0.2, 0.25) is 0 Å². The Hall–Kier alpha value is 0.300. The lowest BCUT2D eigenvalue weighted by Crippen LogP contribution is -2.26. The Morgan fingerprint density at radius 1 is 1.17 bits per heavy atom. The lowest BCUT2D eigenvalue weighted by Gasteiger charge is -2.21. The van der Waals surface area contributed by atoms with Gasteiger partial charge in [0.05, 0.1) is 11.0 Å². The van der Waals surface area contributed by atoms with E-state index in [1.165, 1.54) is 6.42 Å². The number of hydrogen-bond donors (Lipinski definition) is 1. The fraction of sp³-hybridized carbons (Fsp3) is 1.00. The molecule has 0 aromatic carbocycles. The highest BCUT2D eigenvalue weighted by Crippen LogP contribution is 2.24. The second-order valence-corrected chi connectivity index (χ2v) is 6.20. The molecule has 0 heterocycles. The molecule has 1 rings (SSSR count). The molecule has 0 bridgehead atoms. The zero-order valence-electron chi connectivity index (χ0n) is 7.20. The monoisotopic (exact) mass is 208 g/mol. The highest BCUT2D eigenvalue weighted by atomic mass is 32.2. The van der Waals surface area contributed by atoms with E-state index < -0.39 is 9.84 Å². The number of sulfone groups is 1. The summed E-state index contributed by atoms with van der Waals surface area (Å²) in [5, 5.41) is -0.0570. The van der Waals surface area contributed by atoms with E-state index in [1.807, 2.05) is 0 Å². The van der Waals surface area contributed by atoms with Crippen molar-refractivity contribution in [2.24, 2.45) is 0 Å². The first-order valence-corrected chi connectivity index (χ1v) is 6.84. The minimum atomic E-state index is -2.81. The Bertz CT molecular complexity index is 215. The first-order valence-electron chi connectivity index (χ1n) is 4.49. The Kier molecular flexibility index (Phi) is 3.90. The number of hydrogen-bond acceptors (Lipinski definition) is 3. The van der Waals surface area contributed by atoms with Gasteiger partial charge in [-0.05, 0) is 12.8 Å². The predicted molar refractivity (Wildman–Crippen MR) is 54.5 cm³/mol. The van der Waals surface area contributed by atoms with Crippen molar-refractivity contribution in [3.63, 3.8) is 0 Å². The largest absolute Gasteiger partial charge is 0.229 e. The molecule has 1 aliphatic rings. The van der Waals surface area contributed by atoms with Gasteiger partial charge in [0.25, 0.3) is 0 Å². The van der Waals surface area contributed by atoms with Gasteiger partial charge < -0.3 is 0 Å². The second kappa shape index (κ2) is 4.51. The van der Waals surface area contributed by atoms with Crippen molar-refractivity contribution in [2.45, 2.75) is 37.4 Å². The molecule has 1 aliphatic carbocycles. The molecule has 0 amide bonds. The fourth-order valence-corrected chi connectivity index (χ4v) is 4.12. The fourth-order valence-electron chi connectivity index (χ4n) is 1.72. The predicted octanol–water partition coefficient (Wildman–Crippen LogP) is 1.66. The molecule has 0 radical (unpaired) electrons. The van der Waals surface area contributed by atoms with Crippen LogP contribution in [0, 0.1) is 0 Å². The van der Waals surface area contributed by atoms with Gasteiger partial charge in [-0.3, -0.25) is 0 Å². The van der Waals surface area contributed by atoms with Gasteiger partial charge in [-0.15, -0.1) is 0 Å². The molecule has 0 saturated heterocycles.